The van der Waals surface area contributed by atoms with Gasteiger partial charge in [0.05, 0.1) is 18.2 Å². The van der Waals surface area contributed by atoms with Gasteiger partial charge in [0.2, 0.25) is 5.91 Å². The third-order valence-corrected chi connectivity index (χ3v) is 6.76. The fraction of sp³-hybridized carbons (Fsp3) is 0.333. The maximum absolute atomic E-state index is 13.9. The zero-order valence-electron chi connectivity index (χ0n) is 17.5. The number of halogens is 1. The van der Waals surface area contributed by atoms with Crippen molar-refractivity contribution in [3.63, 3.8) is 0 Å². The van der Waals surface area contributed by atoms with E-state index in [0.29, 0.717) is 5.56 Å². The zero-order chi connectivity index (χ0) is 22.6. The maximum Gasteiger partial charge on any atom is 0.241 e. The first-order chi connectivity index (χ1) is 14.6. The standard InChI is InChI=1S/C24H23BrN4O2/c1-23(2,3)21(30)20-19(14-8-10-28-11-9-14)24(13-26,22(27)31)18-7-4-15-12-16(25)5-6-17(15)29(18)20/h4-12,18-20H,1-3H3,(H2,27,31)/t18-,19-,20-,24+/m1/s1. The van der Waals surface area contributed by atoms with Crippen molar-refractivity contribution in [3.05, 3.63) is 64.4 Å². The molecule has 0 saturated carbocycles. The summed E-state index contributed by atoms with van der Waals surface area (Å²) in [5, 5.41) is 10.4. The molecule has 1 aromatic carbocycles. The molecule has 0 aliphatic carbocycles. The minimum atomic E-state index is -1.62. The summed E-state index contributed by atoms with van der Waals surface area (Å²) >= 11 is 3.49. The Kier molecular flexibility index (Phi) is 5.01. The van der Waals surface area contributed by atoms with E-state index in [9.17, 15) is 14.9 Å². The van der Waals surface area contributed by atoms with Crippen molar-refractivity contribution in [3.8, 4) is 6.07 Å². The molecule has 4 rings (SSSR count). The lowest BCUT2D eigenvalue weighted by Gasteiger charge is -2.37. The lowest BCUT2D eigenvalue weighted by molar-refractivity contribution is -0.128. The fourth-order valence-electron chi connectivity index (χ4n) is 4.85. The molecule has 1 fully saturated rings. The second kappa shape index (κ2) is 7.31. The molecule has 1 amide bonds. The van der Waals surface area contributed by atoms with Gasteiger partial charge in [0.15, 0.2) is 11.2 Å². The number of hydrogen-bond acceptors (Lipinski definition) is 5. The van der Waals surface area contributed by atoms with Gasteiger partial charge in [-0.2, -0.15) is 5.26 Å². The van der Waals surface area contributed by atoms with Crippen LogP contribution >= 0.6 is 15.9 Å². The topological polar surface area (TPSA) is 100 Å². The molecule has 3 heterocycles. The summed E-state index contributed by atoms with van der Waals surface area (Å²) in [5.74, 6) is -1.53. The molecule has 0 spiro atoms. The molecule has 2 aliphatic rings. The van der Waals surface area contributed by atoms with E-state index in [-0.39, 0.29) is 5.78 Å². The first-order valence-corrected chi connectivity index (χ1v) is 10.8. The first kappa shape index (κ1) is 21.3. The number of aromatic nitrogens is 1. The fourth-order valence-corrected chi connectivity index (χ4v) is 5.22. The highest BCUT2D eigenvalue weighted by atomic mass is 79.9. The van der Waals surface area contributed by atoms with Crippen LogP contribution in [0.25, 0.3) is 6.08 Å². The second-order valence-electron chi connectivity index (χ2n) is 9.08. The number of pyridine rings is 1. The van der Waals surface area contributed by atoms with Crippen LogP contribution in [0.5, 0.6) is 0 Å². The van der Waals surface area contributed by atoms with Crippen molar-refractivity contribution in [2.45, 2.75) is 38.8 Å². The number of amides is 1. The number of benzene rings is 1. The Morgan fingerprint density at radius 2 is 1.90 bits per heavy atom. The monoisotopic (exact) mass is 478 g/mol. The van der Waals surface area contributed by atoms with Gasteiger partial charge in [-0.15, -0.1) is 0 Å². The highest BCUT2D eigenvalue weighted by molar-refractivity contribution is 9.10. The van der Waals surface area contributed by atoms with E-state index in [0.717, 1.165) is 15.7 Å². The number of primary amides is 1. The third-order valence-electron chi connectivity index (χ3n) is 6.26. The molecule has 1 aromatic heterocycles. The Morgan fingerprint density at radius 1 is 1.23 bits per heavy atom. The molecule has 2 N–H and O–H groups in total. The van der Waals surface area contributed by atoms with Crippen molar-refractivity contribution >= 4 is 39.4 Å². The van der Waals surface area contributed by atoms with E-state index in [1.807, 2.05) is 56.0 Å². The van der Waals surface area contributed by atoms with Gasteiger partial charge in [-0.05, 0) is 41.5 Å². The van der Waals surface area contributed by atoms with Crippen LogP contribution in [-0.4, -0.2) is 28.8 Å². The number of nitriles is 1. The molecule has 2 aromatic rings. The summed E-state index contributed by atoms with van der Waals surface area (Å²) in [6, 6.07) is 10.1. The third kappa shape index (κ3) is 3.09. The predicted molar refractivity (Wildman–Crippen MR) is 122 cm³/mol. The van der Waals surface area contributed by atoms with E-state index < -0.39 is 34.7 Å². The van der Waals surface area contributed by atoms with Gasteiger partial charge in [0, 0.05) is 33.9 Å². The molecule has 6 nitrogen and oxygen atoms in total. The number of nitrogens with two attached hydrogens (primary N) is 1. The van der Waals surface area contributed by atoms with Gasteiger partial charge in [-0.1, -0.05) is 48.9 Å². The largest absolute Gasteiger partial charge is 0.368 e. The summed E-state index contributed by atoms with van der Waals surface area (Å²) in [4.78, 5) is 32.8. The number of Topliss-reactive ketones (excluding diaryl/α,β-unsaturated/α-hetero) is 1. The molecule has 7 heteroatoms. The molecule has 4 atom stereocenters. The van der Waals surface area contributed by atoms with Crippen molar-refractivity contribution in [1.82, 2.24) is 4.98 Å². The normalized spacial score (nSPS) is 26.7. The van der Waals surface area contributed by atoms with Gasteiger partial charge in [-0.3, -0.25) is 14.6 Å². The summed E-state index contributed by atoms with van der Waals surface area (Å²) in [6.45, 7) is 5.56. The predicted octanol–water partition coefficient (Wildman–Crippen LogP) is 3.82. The summed E-state index contributed by atoms with van der Waals surface area (Å²) in [7, 11) is 0. The smallest absolute Gasteiger partial charge is 0.241 e. The van der Waals surface area contributed by atoms with Crippen LogP contribution in [0.15, 0.2) is 53.3 Å². The average molecular weight is 479 g/mol. The molecule has 158 valence electrons. The molecular weight excluding hydrogens is 456 g/mol. The quantitative estimate of drug-likeness (QED) is 0.722. The van der Waals surface area contributed by atoms with Crippen LogP contribution in [0.4, 0.5) is 5.69 Å². The summed E-state index contributed by atoms with van der Waals surface area (Å²) < 4.78 is 0.902. The second-order valence-corrected chi connectivity index (χ2v) is 9.99. The van der Waals surface area contributed by atoms with Crippen molar-refractivity contribution in [2.24, 2.45) is 16.6 Å². The number of carbonyl (C=O) groups is 2. The molecule has 0 radical (unpaired) electrons. The van der Waals surface area contributed by atoms with Crippen LogP contribution in [0, 0.1) is 22.2 Å². The average Bonchev–Trinajstić information content (AvgIpc) is 3.04. The van der Waals surface area contributed by atoms with Crippen LogP contribution in [0.2, 0.25) is 0 Å². The zero-order valence-corrected chi connectivity index (χ0v) is 19.1. The van der Waals surface area contributed by atoms with Crippen molar-refractivity contribution < 1.29 is 9.59 Å². The number of ketones is 1. The van der Waals surface area contributed by atoms with Crippen molar-refractivity contribution in [1.29, 1.82) is 5.26 Å². The Morgan fingerprint density at radius 3 is 2.48 bits per heavy atom. The number of fused-ring (bicyclic) bond motifs is 3. The van der Waals surface area contributed by atoms with E-state index in [2.05, 4.69) is 27.0 Å². The highest BCUT2D eigenvalue weighted by Gasteiger charge is 2.66. The van der Waals surface area contributed by atoms with Gasteiger partial charge >= 0.3 is 0 Å². The van der Waals surface area contributed by atoms with Crippen LogP contribution in [-0.2, 0) is 9.59 Å². The Bertz CT molecular complexity index is 1130. The number of rotatable bonds is 3. The van der Waals surface area contributed by atoms with Crippen LogP contribution in [0.1, 0.15) is 37.8 Å². The maximum atomic E-state index is 13.9. The SMILES string of the molecule is CC(C)(C)C(=O)[C@H]1[C@@H](c2ccncc2)[C@@](C#N)(C(N)=O)[C@H]2C=Cc3cc(Br)ccc3N12. The summed E-state index contributed by atoms with van der Waals surface area (Å²) in [6.07, 6.45) is 6.93. The van der Waals surface area contributed by atoms with E-state index in [4.69, 9.17) is 5.73 Å². The Hall–Kier alpha value is -2.98. The molecular formula is C24H23BrN4O2. The van der Waals surface area contributed by atoms with Crippen LogP contribution < -0.4 is 10.6 Å². The first-order valence-electron chi connectivity index (χ1n) is 10.0. The van der Waals surface area contributed by atoms with Gasteiger partial charge in [0.25, 0.3) is 0 Å². The lowest BCUT2D eigenvalue weighted by atomic mass is 9.66. The Labute approximate surface area is 189 Å². The minimum Gasteiger partial charge on any atom is -0.368 e. The number of nitrogens with zero attached hydrogens (tertiary/aromatic N) is 3. The lowest BCUT2D eigenvalue weighted by Crippen LogP contribution is -2.49. The molecule has 2 aliphatic heterocycles. The highest BCUT2D eigenvalue weighted by Crippen LogP contribution is 2.56. The number of anilines is 1. The number of carbonyl (C=O) groups excluding carboxylic acids is 2. The van der Waals surface area contributed by atoms with Gasteiger partial charge in [-0.25, -0.2) is 0 Å². The Balaban J connectivity index is 2.06. The van der Waals surface area contributed by atoms with Crippen molar-refractivity contribution in [2.75, 3.05) is 4.90 Å². The molecule has 1 saturated heterocycles. The molecule has 0 bridgehead atoms. The minimum absolute atomic E-state index is 0.0538. The van der Waals surface area contributed by atoms with E-state index in [1.54, 1.807) is 24.5 Å². The molecule has 31 heavy (non-hydrogen) atoms. The van der Waals surface area contributed by atoms with Gasteiger partial charge in [0.1, 0.15) is 0 Å². The molecule has 0 unspecified atom stereocenters. The number of hydrogen-bond donors (Lipinski definition) is 1. The summed E-state index contributed by atoms with van der Waals surface area (Å²) in [5.41, 5.74) is 6.03. The van der Waals surface area contributed by atoms with Crippen LogP contribution in [0.3, 0.4) is 0 Å². The van der Waals surface area contributed by atoms with E-state index >= 15 is 0 Å². The van der Waals surface area contributed by atoms with E-state index in [1.165, 1.54) is 0 Å². The van der Waals surface area contributed by atoms with Gasteiger partial charge < -0.3 is 10.6 Å².